The van der Waals surface area contributed by atoms with Gasteiger partial charge in [0.25, 0.3) is 0 Å². The van der Waals surface area contributed by atoms with Gasteiger partial charge in [-0.2, -0.15) is 13.2 Å². The number of nitrogens with zero attached hydrogens (tertiary/aromatic N) is 3. The smallest absolute Gasteiger partial charge is 0.396 e. The maximum atomic E-state index is 12.6. The Hall–Kier alpha value is -3.08. The van der Waals surface area contributed by atoms with Crippen LogP contribution < -0.4 is 16.4 Å². The van der Waals surface area contributed by atoms with Crippen molar-refractivity contribution in [2.75, 3.05) is 17.6 Å². The van der Waals surface area contributed by atoms with Gasteiger partial charge in [-0.3, -0.25) is 4.79 Å². The number of nitrogen functional groups attached to an aromatic ring is 1. The first kappa shape index (κ1) is 21.2. The topological polar surface area (TPSA) is 122 Å². The number of H-pyrrole nitrogens is 1. The van der Waals surface area contributed by atoms with E-state index >= 15 is 0 Å². The number of pyridine rings is 1. The molecule has 1 saturated carbocycles. The van der Waals surface area contributed by atoms with E-state index in [0.29, 0.717) is 53.0 Å². The van der Waals surface area contributed by atoms with Gasteiger partial charge < -0.3 is 21.4 Å². The molecule has 0 bridgehead atoms. The summed E-state index contributed by atoms with van der Waals surface area (Å²) < 4.78 is 37.7. The van der Waals surface area contributed by atoms with Gasteiger partial charge in [0, 0.05) is 23.3 Å². The zero-order valence-electron chi connectivity index (χ0n) is 16.2. The van der Waals surface area contributed by atoms with Gasteiger partial charge in [0.2, 0.25) is 11.9 Å². The van der Waals surface area contributed by atoms with Gasteiger partial charge in [-0.1, -0.05) is 24.4 Å². The Balaban J connectivity index is 1.65. The fourth-order valence-electron chi connectivity index (χ4n) is 3.79. The summed E-state index contributed by atoms with van der Waals surface area (Å²) in [7, 11) is 0. The first-order valence-corrected chi connectivity index (χ1v) is 9.93. The van der Waals surface area contributed by atoms with Crippen LogP contribution >= 0.6 is 11.6 Å². The summed E-state index contributed by atoms with van der Waals surface area (Å²) in [5.41, 5.74) is 6.76. The quantitative estimate of drug-likeness (QED) is 0.467. The van der Waals surface area contributed by atoms with Gasteiger partial charge in [0.15, 0.2) is 0 Å². The van der Waals surface area contributed by atoms with E-state index in [1.54, 1.807) is 12.3 Å². The molecule has 0 spiro atoms. The number of amides is 1. The van der Waals surface area contributed by atoms with Crippen molar-refractivity contribution in [3.8, 4) is 11.3 Å². The number of aromatic amines is 1. The van der Waals surface area contributed by atoms with E-state index in [-0.39, 0.29) is 11.6 Å². The van der Waals surface area contributed by atoms with Gasteiger partial charge in [0.05, 0.1) is 16.9 Å². The molecule has 1 fully saturated rings. The normalized spacial score (nSPS) is 15.9. The Morgan fingerprint density at radius 1 is 1.26 bits per heavy atom. The number of carbonyl (C=O) groups excluding carboxylic acids is 1. The van der Waals surface area contributed by atoms with Crippen LogP contribution in [0.4, 0.5) is 24.8 Å². The Bertz CT molecular complexity index is 1130. The summed E-state index contributed by atoms with van der Waals surface area (Å²) >= 11 is 6.06. The third-order valence-electron chi connectivity index (χ3n) is 5.26. The molecule has 4 rings (SSSR count). The highest BCUT2D eigenvalue weighted by Crippen LogP contribution is 2.35. The summed E-state index contributed by atoms with van der Waals surface area (Å²) in [6.45, 7) is -1.40. The van der Waals surface area contributed by atoms with Gasteiger partial charge >= 0.3 is 6.18 Å². The number of hydrogen-bond donors (Lipinski definition) is 4. The number of carbonyl (C=O) groups is 1. The van der Waals surface area contributed by atoms with Crippen LogP contribution in [-0.2, 0) is 4.79 Å². The molecule has 8 nitrogen and oxygen atoms in total. The second-order valence-electron chi connectivity index (χ2n) is 7.46. The predicted molar refractivity (Wildman–Crippen MR) is 110 cm³/mol. The summed E-state index contributed by atoms with van der Waals surface area (Å²) in [5.74, 6) is -0.634. The van der Waals surface area contributed by atoms with Crippen molar-refractivity contribution in [3.05, 3.63) is 29.7 Å². The van der Waals surface area contributed by atoms with E-state index in [1.165, 1.54) is 12.4 Å². The van der Waals surface area contributed by atoms with Crippen molar-refractivity contribution >= 4 is 40.2 Å². The van der Waals surface area contributed by atoms with E-state index in [0.717, 1.165) is 0 Å². The number of rotatable bonds is 5. The third-order valence-corrected chi connectivity index (χ3v) is 5.47. The molecule has 1 amide bonds. The Kier molecular flexibility index (Phi) is 5.38. The second kappa shape index (κ2) is 7.88. The lowest BCUT2D eigenvalue weighted by Crippen LogP contribution is -2.52. The maximum absolute atomic E-state index is 12.6. The maximum Gasteiger partial charge on any atom is 0.405 e. The molecule has 5 N–H and O–H groups in total. The minimum absolute atomic E-state index is 0.0950. The monoisotopic (exact) mass is 453 g/mol. The van der Waals surface area contributed by atoms with Crippen molar-refractivity contribution in [2.24, 2.45) is 0 Å². The predicted octanol–water partition coefficient (Wildman–Crippen LogP) is 3.66. The first-order chi connectivity index (χ1) is 14.7. The lowest BCUT2D eigenvalue weighted by Gasteiger charge is -2.29. The lowest BCUT2D eigenvalue weighted by molar-refractivity contribution is -0.141. The van der Waals surface area contributed by atoms with Crippen LogP contribution in [0.2, 0.25) is 5.02 Å². The lowest BCUT2D eigenvalue weighted by atomic mass is 9.96. The van der Waals surface area contributed by atoms with E-state index in [4.69, 9.17) is 17.3 Å². The molecule has 0 radical (unpaired) electrons. The molecule has 1 aliphatic carbocycles. The van der Waals surface area contributed by atoms with E-state index in [1.807, 2.05) is 5.32 Å². The third kappa shape index (κ3) is 4.36. The summed E-state index contributed by atoms with van der Waals surface area (Å²) in [6, 6.07) is 1.72. The molecule has 164 valence electrons. The number of aromatic nitrogens is 4. The number of halogens is 4. The largest absolute Gasteiger partial charge is 0.405 e. The molecular weight excluding hydrogens is 435 g/mol. The van der Waals surface area contributed by atoms with Crippen molar-refractivity contribution in [2.45, 2.75) is 37.4 Å². The molecule has 1 aliphatic rings. The van der Waals surface area contributed by atoms with Gasteiger partial charge in [0.1, 0.15) is 23.4 Å². The van der Waals surface area contributed by atoms with Gasteiger partial charge in [-0.05, 0) is 18.9 Å². The van der Waals surface area contributed by atoms with Crippen LogP contribution in [0.1, 0.15) is 25.7 Å². The van der Waals surface area contributed by atoms with Crippen LogP contribution in [0.15, 0.2) is 24.7 Å². The first-order valence-electron chi connectivity index (χ1n) is 9.56. The molecule has 31 heavy (non-hydrogen) atoms. The average Bonchev–Trinajstić information content (AvgIpc) is 3.34. The molecule has 0 atom stereocenters. The van der Waals surface area contributed by atoms with Crippen LogP contribution in [0.25, 0.3) is 22.3 Å². The summed E-state index contributed by atoms with van der Waals surface area (Å²) in [4.78, 5) is 28.4. The number of anilines is 2. The molecule has 3 aromatic rings. The highest BCUT2D eigenvalue weighted by molar-refractivity contribution is 6.31. The molecule has 3 heterocycles. The highest BCUT2D eigenvalue weighted by atomic mass is 35.5. The van der Waals surface area contributed by atoms with Crippen molar-refractivity contribution in [3.63, 3.8) is 0 Å². The highest BCUT2D eigenvalue weighted by Gasteiger charge is 2.43. The van der Waals surface area contributed by atoms with E-state index < -0.39 is 24.2 Å². The second-order valence-corrected chi connectivity index (χ2v) is 7.90. The Morgan fingerprint density at radius 3 is 2.71 bits per heavy atom. The molecule has 0 aromatic carbocycles. The number of fused-ring (bicyclic) bond motifs is 1. The average molecular weight is 454 g/mol. The molecule has 0 aliphatic heterocycles. The SMILES string of the molecule is Nc1cnc(NC2(C(=O)NCC(F)(F)F)CCCC2)nc1-c1c[nH]c2ncc(Cl)cc12. The Morgan fingerprint density at radius 2 is 2.00 bits per heavy atom. The van der Waals surface area contributed by atoms with Crippen molar-refractivity contribution in [1.29, 1.82) is 0 Å². The number of nitrogens with one attached hydrogen (secondary N) is 3. The molecule has 0 saturated heterocycles. The van der Waals surface area contributed by atoms with Crippen LogP contribution in [0, 0.1) is 0 Å². The van der Waals surface area contributed by atoms with Crippen LogP contribution in [0.3, 0.4) is 0 Å². The fourth-order valence-corrected chi connectivity index (χ4v) is 3.95. The van der Waals surface area contributed by atoms with E-state index in [2.05, 4.69) is 25.3 Å². The van der Waals surface area contributed by atoms with Crippen molar-refractivity contribution in [1.82, 2.24) is 25.3 Å². The number of hydrogen-bond acceptors (Lipinski definition) is 6. The summed E-state index contributed by atoms with van der Waals surface area (Å²) in [5, 5.41) is 6.08. The van der Waals surface area contributed by atoms with Crippen LogP contribution in [0.5, 0.6) is 0 Å². The standard InChI is InChI=1S/C19H19ClF3N7O/c20-10-5-11-12(7-26-15(11)25-6-10)14-13(24)8-27-17(29-14)30-18(3-1-2-4-18)16(31)28-9-19(21,22)23/h5-8H,1-4,9,24H2,(H,25,26)(H,28,31)(H,27,29,30). The minimum atomic E-state index is -4.50. The number of nitrogens with two attached hydrogens (primary N) is 1. The molecule has 3 aromatic heterocycles. The fraction of sp³-hybridized carbons (Fsp3) is 0.368. The van der Waals surface area contributed by atoms with E-state index in [9.17, 15) is 18.0 Å². The van der Waals surface area contributed by atoms with Crippen LogP contribution in [-0.4, -0.2) is 44.1 Å². The zero-order valence-corrected chi connectivity index (χ0v) is 16.9. The summed E-state index contributed by atoms with van der Waals surface area (Å²) in [6.07, 6.45) is 2.20. The Labute approximate surface area is 179 Å². The zero-order chi connectivity index (χ0) is 22.2. The molecule has 12 heteroatoms. The van der Waals surface area contributed by atoms with Gasteiger partial charge in [-0.15, -0.1) is 0 Å². The molecular formula is C19H19ClF3N7O. The number of alkyl halides is 3. The van der Waals surface area contributed by atoms with Crippen molar-refractivity contribution < 1.29 is 18.0 Å². The molecule has 0 unspecified atom stereocenters. The van der Waals surface area contributed by atoms with Gasteiger partial charge in [-0.25, -0.2) is 15.0 Å². The minimum Gasteiger partial charge on any atom is -0.396 e.